The molecular weight excluding hydrogens is 300 g/mol. The molecule has 2 rings (SSSR count). The van der Waals surface area contributed by atoms with E-state index in [0.29, 0.717) is 6.42 Å². The molecule has 0 saturated carbocycles. The lowest BCUT2D eigenvalue weighted by molar-refractivity contribution is -0.123. The third-order valence-electron chi connectivity index (χ3n) is 3.73. The smallest absolute Gasteiger partial charge is 0.237 e. The number of carbonyl (C=O) groups is 1. The first-order valence-corrected chi connectivity index (χ1v) is 7.07. The van der Waals surface area contributed by atoms with Crippen LogP contribution >= 0.6 is 12.4 Å². The number of nitrogens with one attached hydrogen (secondary N) is 1. The van der Waals surface area contributed by atoms with E-state index in [4.69, 9.17) is 5.73 Å². The minimum absolute atomic E-state index is 0. The van der Waals surface area contributed by atoms with Gasteiger partial charge in [0.05, 0.1) is 18.3 Å². The lowest BCUT2D eigenvalue weighted by Gasteiger charge is -2.17. The maximum absolute atomic E-state index is 12.2. The second kappa shape index (κ2) is 7.96. The zero-order valence-electron chi connectivity index (χ0n) is 13.1. The van der Waals surface area contributed by atoms with Crippen LogP contribution in [0, 0.1) is 6.92 Å². The lowest BCUT2D eigenvalue weighted by atomic mass is 10.0. The number of hydrogen-bond acceptors (Lipinski definition) is 3. The molecule has 0 aliphatic rings. The Morgan fingerprint density at radius 1 is 1.36 bits per heavy atom. The van der Waals surface area contributed by atoms with Crippen LogP contribution in [-0.2, 0) is 18.3 Å². The summed E-state index contributed by atoms with van der Waals surface area (Å²) in [5, 5.41) is 7.14. The average molecular weight is 323 g/mol. The molecule has 6 heteroatoms. The first-order valence-electron chi connectivity index (χ1n) is 7.07. The predicted molar refractivity (Wildman–Crippen MR) is 89.9 cm³/mol. The van der Waals surface area contributed by atoms with E-state index >= 15 is 0 Å². The topological polar surface area (TPSA) is 72.9 Å². The molecule has 2 aromatic rings. The van der Waals surface area contributed by atoms with Gasteiger partial charge in [-0.05, 0) is 25.8 Å². The van der Waals surface area contributed by atoms with Gasteiger partial charge in [0.2, 0.25) is 5.91 Å². The fraction of sp³-hybridized carbons (Fsp3) is 0.375. The number of aryl methyl sites for hydroxylation is 1. The van der Waals surface area contributed by atoms with E-state index in [1.54, 1.807) is 10.9 Å². The van der Waals surface area contributed by atoms with Gasteiger partial charge in [0.15, 0.2) is 0 Å². The molecule has 0 bridgehead atoms. The molecular formula is C16H23ClN4O. The monoisotopic (exact) mass is 322 g/mol. The zero-order chi connectivity index (χ0) is 15.4. The molecule has 0 saturated heterocycles. The molecule has 0 radical (unpaired) electrons. The van der Waals surface area contributed by atoms with E-state index in [0.717, 1.165) is 16.8 Å². The Morgan fingerprint density at radius 2 is 2.00 bits per heavy atom. The van der Waals surface area contributed by atoms with Crippen LogP contribution in [0.1, 0.15) is 29.8 Å². The van der Waals surface area contributed by atoms with E-state index in [1.165, 1.54) is 0 Å². The minimum Gasteiger partial charge on any atom is -0.348 e. The minimum atomic E-state index is -0.549. The van der Waals surface area contributed by atoms with Crippen LogP contribution in [-0.4, -0.2) is 21.7 Å². The Kier molecular flexibility index (Phi) is 6.59. The Hall–Kier alpha value is -1.85. The Bertz CT molecular complexity index is 612. The molecule has 120 valence electrons. The average Bonchev–Trinajstić information content (AvgIpc) is 2.80. The molecule has 1 heterocycles. The van der Waals surface area contributed by atoms with Crippen molar-refractivity contribution in [2.24, 2.45) is 12.8 Å². The van der Waals surface area contributed by atoms with E-state index in [-0.39, 0.29) is 24.4 Å². The zero-order valence-corrected chi connectivity index (χ0v) is 13.9. The highest BCUT2D eigenvalue weighted by atomic mass is 35.5. The van der Waals surface area contributed by atoms with Gasteiger partial charge >= 0.3 is 0 Å². The van der Waals surface area contributed by atoms with Crippen molar-refractivity contribution in [3.05, 3.63) is 53.3 Å². The molecule has 5 nitrogen and oxygen atoms in total. The summed E-state index contributed by atoms with van der Waals surface area (Å²) in [5.41, 5.74) is 9.10. The highest BCUT2D eigenvalue weighted by Gasteiger charge is 2.19. The van der Waals surface area contributed by atoms with Crippen LogP contribution in [0.2, 0.25) is 0 Å². The summed E-state index contributed by atoms with van der Waals surface area (Å²) in [6, 6.07) is 9.13. The number of benzene rings is 1. The third kappa shape index (κ3) is 4.32. The number of amides is 1. The van der Waals surface area contributed by atoms with E-state index in [2.05, 4.69) is 10.4 Å². The summed E-state index contributed by atoms with van der Waals surface area (Å²) in [6.07, 6.45) is 2.31. The Morgan fingerprint density at radius 3 is 2.55 bits per heavy atom. The Labute approximate surface area is 137 Å². The van der Waals surface area contributed by atoms with Gasteiger partial charge in [-0.15, -0.1) is 12.4 Å². The largest absolute Gasteiger partial charge is 0.348 e. The van der Waals surface area contributed by atoms with Gasteiger partial charge in [-0.3, -0.25) is 9.48 Å². The van der Waals surface area contributed by atoms with Crippen molar-refractivity contribution >= 4 is 18.3 Å². The van der Waals surface area contributed by atoms with E-state index in [1.807, 2.05) is 51.2 Å². The van der Waals surface area contributed by atoms with E-state index in [9.17, 15) is 4.79 Å². The quantitative estimate of drug-likeness (QED) is 0.883. The van der Waals surface area contributed by atoms with Crippen LogP contribution in [0.15, 0.2) is 36.5 Å². The van der Waals surface area contributed by atoms with Crippen LogP contribution in [0.3, 0.4) is 0 Å². The first-order chi connectivity index (χ1) is 9.99. The molecule has 0 aliphatic heterocycles. The second-order valence-electron chi connectivity index (χ2n) is 5.34. The molecule has 2 atom stereocenters. The molecule has 0 aliphatic carbocycles. The molecule has 3 N–H and O–H groups in total. The number of carbonyl (C=O) groups excluding carboxylic acids is 1. The SMILES string of the molecule is Cc1c(C(C)NC(=O)[C@@H](N)Cc2ccccc2)cnn1C.Cl. The second-order valence-corrected chi connectivity index (χ2v) is 5.34. The fourth-order valence-corrected chi connectivity index (χ4v) is 2.30. The highest BCUT2D eigenvalue weighted by molar-refractivity contribution is 5.85. The van der Waals surface area contributed by atoms with Crippen LogP contribution in [0.25, 0.3) is 0 Å². The molecule has 22 heavy (non-hydrogen) atoms. The summed E-state index contributed by atoms with van der Waals surface area (Å²) >= 11 is 0. The summed E-state index contributed by atoms with van der Waals surface area (Å²) < 4.78 is 1.79. The molecule has 0 fully saturated rings. The van der Waals surface area contributed by atoms with Crippen molar-refractivity contribution in [3.63, 3.8) is 0 Å². The van der Waals surface area contributed by atoms with Crippen molar-refractivity contribution in [2.45, 2.75) is 32.4 Å². The van der Waals surface area contributed by atoms with Crippen LogP contribution in [0.4, 0.5) is 0 Å². The lowest BCUT2D eigenvalue weighted by Crippen LogP contribution is -2.43. The number of rotatable bonds is 5. The van der Waals surface area contributed by atoms with Crippen molar-refractivity contribution in [1.29, 1.82) is 0 Å². The van der Waals surface area contributed by atoms with Crippen LogP contribution < -0.4 is 11.1 Å². The summed E-state index contributed by atoms with van der Waals surface area (Å²) in [7, 11) is 1.88. The summed E-state index contributed by atoms with van der Waals surface area (Å²) in [6.45, 7) is 3.92. The van der Waals surface area contributed by atoms with Gasteiger partial charge in [-0.2, -0.15) is 5.10 Å². The maximum Gasteiger partial charge on any atom is 0.237 e. The number of halogens is 1. The van der Waals surface area contributed by atoms with Gasteiger partial charge in [-0.25, -0.2) is 0 Å². The van der Waals surface area contributed by atoms with Crippen molar-refractivity contribution in [3.8, 4) is 0 Å². The van der Waals surface area contributed by atoms with Gasteiger partial charge in [0.1, 0.15) is 0 Å². The van der Waals surface area contributed by atoms with Gasteiger partial charge in [0, 0.05) is 18.3 Å². The van der Waals surface area contributed by atoms with E-state index < -0.39 is 6.04 Å². The molecule has 1 amide bonds. The molecule has 1 unspecified atom stereocenters. The van der Waals surface area contributed by atoms with Crippen molar-refractivity contribution in [2.75, 3.05) is 0 Å². The first kappa shape index (κ1) is 18.2. The number of hydrogen-bond donors (Lipinski definition) is 2. The highest BCUT2D eigenvalue weighted by Crippen LogP contribution is 2.16. The molecule has 0 spiro atoms. The van der Waals surface area contributed by atoms with Gasteiger partial charge in [-0.1, -0.05) is 30.3 Å². The van der Waals surface area contributed by atoms with Gasteiger partial charge in [0.25, 0.3) is 0 Å². The maximum atomic E-state index is 12.2. The molecule has 1 aromatic heterocycles. The number of nitrogens with zero attached hydrogens (tertiary/aromatic N) is 2. The normalized spacial score (nSPS) is 13.1. The molecule has 1 aromatic carbocycles. The summed E-state index contributed by atoms with van der Waals surface area (Å²) in [5.74, 6) is -0.144. The van der Waals surface area contributed by atoms with Gasteiger partial charge < -0.3 is 11.1 Å². The van der Waals surface area contributed by atoms with Crippen molar-refractivity contribution in [1.82, 2.24) is 15.1 Å². The van der Waals surface area contributed by atoms with Crippen molar-refractivity contribution < 1.29 is 4.79 Å². The standard InChI is InChI=1S/C16H22N4O.ClH/c1-11(14-10-18-20(3)12(14)2)19-16(21)15(17)9-13-7-5-4-6-8-13;/h4-8,10-11,15H,9,17H2,1-3H3,(H,19,21);1H/t11?,15-;/m0./s1. The fourth-order valence-electron chi connectivity index (χ4n) is 2.30. The Balaban J connectivity index is 0.00000242. The third-order valence-corrected chi connectivity index (χ3v) is 3.73. The predicted octanol–water partition coefficient (Wildman–Crippen LogP) is 1.90. The number of aromatic nitrogens is 2. The number of nitrogens with two attached hydrogens (primary N) is 1. The summed E-state index contributed by atoms with van der Waals surface area (Å²) in [4.78, 5) is 12.2. The van der Waals surface area contributed by atoms with Crippen LogP contribution in [0.5, 0.6) is 0 Å².